The first-order chi connectivity index (χ1) is 17.2. The van der Waals surface area contributed by atoms with E-state index in [2.05, 4.69) is 97.0 Å². The van der Waals surface area contributed by atoms with E-state index in [0.717, 1.165) is 29.5 Å². The molecule has 0 N–H and O–H groups in total. The molecule has 4 aromatic rings. The number of piperidine rings is 3. The summed E-state index contributed by atoms with van der Waals surface area (Å²) in [7, 11) is 0. The van der Waals surface area contributed by atoms with Crippen LogP contribution in [0.15, 0.2) is 104 Å². The molecular weight excluding hydrogens is 428 g/mol. The molecule has 0 spiro atoms. The lowest BCUT2D eigenvalue weighted by atomic mass is 9.70. The number of ether oxygens (including phenoxy) is 1. The van der Waals surface area contributed by atoms with Crippen molar-refractivity contribution in [3.05, 3.63) is 110 Å². The minimum absolute atomic E-state index is 0.0477. The lowest BCUT2D eigenvalue weighted by molar-refractivity contribution is -0.0633. The molecule has 3 aliphatic rings. The molecule has 0 radical (unpaired) electrons. The Labute approximate surface area is 208 Å². The summed E-state index contributed by atoms with van der Waals surface area (Å²) >= 11 is 0. The Morgan fingerprint density at radius 3 is 2.63 bits per heavy atom. The minimum Gasteiger partial charge on any atom is -0.363 e. The zero-order valence-electron chi connectivity index (χ0n) is 20.2. The van der Waals surface area contributed by atoms with E-state index in [0.29, 0.717) is 24.5 Å². The van der Waals surface area contributed by atoms with Gasteiger partial charge in [-0.25, -0.2) is 0 Å². The average molecular weight is 462 g/mol. The van der Waals surface area contributed by atoms with Crippen LogP contribution in [-0.4, -0.2) is 30.7 Å². The summed E-state index contributed by atoms with van der Waals surface area (Å²) in [5.41, 5.74) is 3.68. The summed E-state index contributed by atoms with van der Waals surface area (Å²) in [4.78, 5) is 4.65. The van der Waals surface area contributed by atoms with Crippen LogP contribution in [-0.2, 0) is 4.74 Å². The van der Waals surface area contributed by atoms with Crippen LogP contribution in [0.25, 0.3) is 21.7 Å². The van der Waals surface area contributed by atoms with E-state index in [9.17, 15) is 0 Å². The highest BCUT2D eigenvalue weighted by Crippen LogP contribution is 2.51. The first kappa shape index (κ1) is 22.2. The molecule has 3 saturated heterocycles. The van der Waals surface area contributed by atoms with Crippen LogP contribution in [0.3, 0.4) is 0 Å². The zero-order chi connectivity index (χ0) is 23.8. The number of hydrogen-bond donors (Lipinski definition) is 0. The molecule has 3 aliphatic heterocycles. The molecule has 3 aromatic carbocycles. The SMILES string of the molecule is C=CCOC(c1ccnc2ccccc12)C1CC2CC[N+]1(c1cccc3ccccc13)CC2C=C. The molecule has 3 nitrogen and oxygen atoms in total. The Morgan fingerprint density at radius 2 is 1.77 bits per heavy atom. The second kappa shape index (κ2) is 9.07. The number of pyridine rings is 1. The lowest BCUT2D eigenvalue weighted by Crippen LogP contribution is -2.69. The number of rotatable bonds is 7. The second-order valence-electron chi connectivity index (χ2n) is 10.1. The molecule has 35 heavy (non-hydrogen) atoms. The quantitative estimate of drug-likeness (QED) is 0.214. The van der Waals surface area contributed by atoms with Crippen LogP contribution in [0.5, 0.6) is 0 Å². The number of benzene rings is 3. The van der Waals surface area contributed by atoms with Gasteiger partial charge in [-0.3, -0.25) is 9.47 Å². The summed E-state index contributed by atoms with van der Waals surface area (Å²) in [6.45, 7) is 10.9. The number of para-hydroxylation sites is 1. The fourth-order valence-electron chi connectivity index (χ4n) is 6.92. The van der Waals surface area contributed by atoms with Crippen molar-refractivity contribution in [2.24, 2.45) is 11.8 Å². The van der Waals surface area contributed by atoms with Gasteiger partial charge in [-0.15, -0.1) is 13.2 Å². The number of fused-ring (bicyclic) bond motifs is 5. The molecule has 1 aromatic heterocycles. The first-order valence-corrected chi connectivity index (χ1v) is 12.8. The number of hydrogen-bond acceptors (Lipinski definition) is 2. The summed E-state index contributed by atoms with van der Waals surface area (Å²) in [6, 6.07) is 26.6. The lowest BCUT2D eigenvalue weighted by Gasteiger charge is -2.58. The number of aromatic nitrogens is 1. The van der Waals surface area contributed by atoms with Gasteiger partial charge in [0.25, 0.3) is 0 Å². The number of nitrogens with zero attached hydrogens (tertiary/aromatic N) is 2. The molecule has 3 fully saturated rings. The Balaban J connectivity index is 1.57. The van der Waals surface area contributed by atoms with E-state index < -0.39 is 0 Å². The number of quaternary nitrogens is 1. The molecule has 7 rings (SSSR count). The predicted octanol–water partition coefficient (Wildman–Crippen LogP) is 7.23. The maximum Gasteiger partial charge on any atom is 0.141 e. The Kier molecular flexibility index (Phi) is 5.75. The van der Waals surface area contributed by atoms with Crippen molar-refractivity contribution in [3.63, 3.8) is 0 Å². The van der Waals surface area contributed by atoms with Gasteiger partial charge >= 0.3 is 0 Å². The maximum absolute atomic E-state index is 6.72. The molecule has 5 atom stereocenters. The third-order valence-electron chi connectivity index (χ3n) is 8.50. The van der Waals surface area contributed by atoms with Gasteiger partial charge in [-0.2, -0.15) is 0 Å². The van der Waals surface area contributed by atoms with Gasteiger partial charge in [0.1, 0.15) is 17.8 Å². The van der Waals surface area contributed by atoms with Crippen molar-refractivity contribution in [1.29, 1.82) is 0 Å². The van der Waals surface area contributed by atoms with Crippen molar-refractivity contribution in [2.75, 3.05) is 19.7 Å². The first-order valence-electron chi connectivity index (χ1n) is 12.8. The molecule has 4 heterocycles. The van der Waals surface area contributed by atoms with Gasteiger partial charge in [0, 0.05) is 35.7 Å². The maximum atomic E-state index is 6.72. The van der Waals surface area contributed by atoms with E-state index in [1.54, 1.807) is 0 Å². The van der Waals surface area contributed by atoms with Crippen molar-refractivity contribution in [1.82, 2.24) is 9.47 Å². The van der Waals surface area contributed by atoms with Crippen molar-refractivity contribution in [3.8, 4) is 0 Å². The molecule has 176 valence electrons. The fourth-order valence-corrected chi connectivity index (χ4v) is 6.92. The van der Waals surface area contributed by atoms with Gasteiger partial charge in [-0.05, 0) is 41.1 Å². The van der Waals surface area contributed by atoms with E-state index in [-0.39, 0.29) is 6.10 Å². The van der Waals surface area contributed by atoms with Gasteiger partial charge in [0.15, 0.2) is 0 Å². The smallest absolute Gasteiger partial charge is 0.141 e. The monoisotopic (exact) mass is 461 g/mol. The fraction of sp³-hybridized carbons (Fsp3) is 0.281. The van der Waals surface area contributed by atoms with Crippen LogP contribution < -0.4 is 4.48 Å². The normalized spacial score (nSPS) is 26.6. The van der Waals surface area contributed by atoms with Crippen molar-refractivity contribution >= 4 is 27.4 Å². The zero-order valence-corrected chi connectivity index (χ0v) is 20.2. The highest BCUT2D eigenvalue weighted by atomic mass is 16.5. The highest BCUT2D eigenvalue weighted by Gasteiger charge is 2.56. The second-order valence-corrected chi connectivity index (χ2v) is 10.1. The van der Waals surface area contributed by atoms with Gasteiger partial charge in [0.2, 0.25) is 0 Å². The largest absolute Gasteiger partial charge is 0.363 e. The van der Waals surface area contributed by atoms with E-state index >= 15 is 0 Å². The minimum atomic E-state index is -0.0477. The molecule has 3 heteroatoms. The third kappa shape index (κ3) is 3.62. The van der Waals surface area contributed by atoms with Gasteiger partial charge in [-0.1, -0.05) is 60.7 Å². The van der Waals surface area contributed by atoms with E-state index in [1.807, 2.05) is 12.3 Å². The Bertz CT molecular complexity index is 1380. The third-order valence-corrected chi connectivity index (χ3v) is 8.50. The van der Waals surface area contributed by atoms with Crippen LogP contribution in [0.4, 0.5) is 5.69 Å². The molecule has 0 amide bonds. The standard InChI is InChI=1S/C32H33N2O/c1-3-20-35-32(28-16-18-33-29-14-8-7-13-27(28)29)31-21-25-17-19-34(31,22-23(25)4-2)30-15-9-11-24-10-5-6-12-26(24)30/h3-16,18,23,25,31-32H,1-2,17,19-22H2/q+1. The molecule has 2 bridgehead atoms. The van der Waals surface area contributed by atoms with E-state index in [4.69, 9.17) is 4.74 Å². The molecule has 0 saturated carbocycles. The van der Waals surface area contributed by atoms with Crippen molar-refractivity contribution < 1.29 is 4.74 Å². The summed E-state index contributed by atoms with van der Waals surface area (Å²) in [5.74, 6) is 1.17. The topological polar surface area (TPSA) is 22.1 Å². The summed E-state index contributed by atoms with van der Waals surface area (Å²) in [5, 5.41) is 3.84. The van der Waals surface area contributed by atoms with Crippen LogP contribution in [0.1, 0.15) is 24.5 Å². The molecule has 0 aliphatic carbocycles. The van der Waals surface area contributed by atoms with Crippen LogP contribution in [0, 0.1) is 11.8 Å². The molecular formula is C32H33N2O+. The highest BCUT2D eigenvalue weighted by molar-refractivity contribution is 5.93. The van der Waals surface area contributed by atoms with Crippen molar-refractivity contribution in [2.45, 2.75) is 25.0 Å². The van der Waals surface area contributed by atoms with Gasteiger partial charge in [0.05, 0.1) is 25.2 Å². The Morgan fingerprint density at radius 1 is 0.971 bits per heavy atom. The van der Waals surface area contributed by atoms with Crippen LogP contribution in [0.2, 0.25) is 0 Å². The van der Waals surface area contributed by atoms with Crippen LogP contribution >= 0.6 is 0 Å². The summed E-state index contributed by atoms with van der Waals surface area (Å²) in [6.07, 6.45) is 8.32. The Hall–Kier alpha value is -3.27. The predicted molar refractivity (Wildman–Crippen MR) is 146 cm³/mol. The van der Waals surface area contributed by atoms with E-state index in [1.165, 1.54) is 33.8 Å². The average Bonchev–Trinajstić information content (AvgIpc) is 2.93. The summed E-state index contributed by atoms with van der Waals surface area (Å²) < 4.78 is 7.66. The molecule has 5 unspecified atom stereocenters. The van der Waals surface area contributed by atoms with Gasteiger partial charge < -0.3 is 4.74 Å².